The van der Waals surface area contributed by atoms with Crippen molar-refractivity contribution in [1.29, 1.82) is 0 Å². The monoisotopic (exact) mass is 586 g/mol. The van der Waals surface area contributed by atoms with Crippen molar-refractivity contribution in [2.45, 2.75) is 64.4 Å². The molecule has 0 aliphatic carbocycles. The molecule has 0 aromatic carbocycles. The predicted octanol–water partition coefficient (Wildman–Crippen LogP) is 2.84. The second-order valence-electron chi connectivity index (χ2n) is 11.1. The molecule has 0 saturated carbocycles. The van der Waals surface area contributed by atoms with E-state index in [2.05, 4.69) is 42.6 Å². The Hall–Kier alpha value is -4.43. The first-order valence-electron chi connectivity index (χ1n) is 13.8. The van der Waals surface area contributed by atoms with Gasteiger partial charge < -0.3 is 34.9 Å². The number of halogens is 1. The Morgan fingerprint density at radius 2 is 2.00 bits per heavy atom. The first kappa shape index (κ1) is 30.5. The maximum Gasteiger partial charge on any atom is 0.407 e. The van der Waals surface area contributed by atoms with E-state index in [1.165, 1.54) is 7.11 Å². The standard InChI is InChI=1S/C27H39FN10O4/c1-7-20(39)31-18-14-37(13-17(18)28)25-33-22(21-23(34-25)36(5)16-30-21)32-19-15-38(35-24(19)41-6)12-10-8-9-11-29-26(40)42-27(2,3)4/h7,15-18H,1,8-14H2,2-6H3,(H,29,40)(H,31,39)(H,32,33,34)/t17-,18-/m1/s1. The van der Waals surface area contributed by atoms with Crippen molar-refractivity contribution in [2.75, 3.05) is 37.0 Å². The van der Waals surface area contributed by atoms with E-state index in [0.29, 0.717) is 47.6 Å². The summed E-state index contributed by atoms with van der Waals surface area (Å²) in [5.41, 5.74) is 1.15. The van der Waals surface area contributed by atoms with Gasteiger partial charge in [0.05, 0.1) is 32.2 Å². The summed E-state index contributed by atoms with van der Waals surface area (Å²) in [6.45, 7) is 10.3. The number of aromatic nitrogens is 6. The van der Waals surface area contributed by atoms with Crippen LogP contribution < -0.4 is 25.6 Å². The largest absolute Gasteiger partial charge is 0.478 e. The molecular formula is C27H39FN10O4. The number of ether oxygens (including phenoxy) is 2. The zero-order chi connectivity index (χ0) is 30.4. The number of methoxy groups -OCH3 is 1. The van der Waals surface area contributed by atoms with Gasteiger partial charge in [-0.15, -0.1) is 5.10 Å². The Labute approximate surface area is 243 Å². The summed E-state index contributed by atoms with van der Waals surface area (Å²) < 4.78 is 29.0. The molecule has 14 nitrogen and oxygen atoms in total. The van der Waals surface area contributed by atoms with Crippen molar-refractivity contribution in [3.63, 3.8) is 0 Å². The van der Waals surface area contributed by atoms with Gasteiger partial charge in [0.15, 0.2) is 17.0 Å². The molecule has 4 heterocycles. The second kappa shape index (κ2) is 13.0. The number of anilines is 3. The summed E-state index contributed by atoms with van der Waals surface area (Å²) in [7, 11) is 3.35. The third-order valence-electron chi connectivity index (χ3n) is 6.50. The molecule has 0 radical (unpaired) electrons. The molecule has 2 amide bonds. The van der Waals surface area contributed by atoms with Crippen LogP contribution in [0, 0.1) is 0 Å². The molecule has 1 aliphatic heterocycles. The van der Waals surface area contributed by atoms with Crippen molar-refractivity contribution >= 4 is 40.6 Å². The highest BCUT2D eigenvalue weighted by Crippen LogP contribution is 2.31. The lowest BCUT2D eigenvalue weighted by Crippen LogP contribution is -2.40. The van der Waals surface area contributed by atoms with Gasteiger partial charge in [-0.2, -0.15) is 9.97 Å². The number of amides is 2. The van der Waals surface area contributed by atoms with Gasteiger partial charge in [0, 0.05) is 26.7 Å². The number of nitrogens with one attached hydrogen (secondary N) is 3. The fourth-order valence-electron chi connectivity index (χ4n) is 4.49. The van der Waals surface area contributed by atoms with Crippen LogP contribution in [0.15, 0.2) is 25.2 Å². The molecule has 3 aromatic rings. The van der Waals surface area contributed by atoms with E-state index in [4.69, 9.17) is 9.47 Å². The third kappa shape index (κ3) is 7.64. The summed E-state index contributed by atoms with van der Waals surface area (Å²) in [6.07, 6.45) is 5.38. The number of aryl methyl sites for hydroxylation is 2. The van der Waals surface area contributed by atoms with E-state index in [1.807, 2.05) is 34.0 Å². The van der Waals surface area contributed by atoms with Crippen molar-refractivity contribution in [1.82, 2.24) is 39.9 Å². The summed E-state index contributed by atoms with van der Waals surface area (Å²) in [5.74, 6) is 0.660. The summed E-state index contributed by atoms with van der Waals surface area (Å²) >= 11 is 0. The molecular weight excluding hydrogens is 547 g/mol. The maximum absolute atomic E-state index is 14.7. The Morgan fingerprint density at radius 3 is 2.71 bits per heavy atom. The minimum Gasteiger partial charge on any atom is -0.478 e. The van der Waals surface area contributed by atoms with Crippen molar-refractivity contribution in [3.05, 3.63) is 25.2 Å². The zero-order valence-electron chi connectivity index (χ0n) is 24.7. The minimum absolute atomic E-state index is 0.0272. The van der Waals surface area contributed by atoms with E-state index in [1.54, 1.807) is 20.5 Å². The van der Waals surface area contributed by atoms with Crippen LogP contribution in [0.1, 0.15) is 40.0 Å². The van der Waals surface area contributed by atoms with Crippen molar-refractivity contribution in [3.8, 4) is 5.88 Å². The van der Waals surface area contributed by atoms with Crippen LogP contribution in [0.2, 0.25) is 0 Å². The van der Waals surface area contributed by atoms with E-state index < -0.39 is 29.8 Å². The van der Waals surface area contributed by atoms with Crippen LogP contribution >= 0.6 is 0 Å². The zero-order valence-corrected chi connectivity index (χ0v) is 24.7. The van der Waals surface area contributed by atoms with Gasteiger partial charge in [-0.1, -0.05) is 6.58 Å². The Kier molecular flexibility index (Phi) is 9.48. The van der Waals surface area contributed by atoms with Crippen LogP contribution in [0.4, 0.5) is 26.6 Å². The lowest BCUT2D eigenvalue weighted by Gasteiger charge is -2.19. The molecule has 2 atom stereocenters. The number of alkyl halides is 1. The highest BCUT2D eigenvalue weighted by molar-refractivity contribution is 5.88. The topological polar surface area (TPSA) is 153 Å². The number of alkyl carbamates (subject to hydrolysis) is 1. The van der Waals surface area contributed by atoms with Crippen molar-refractivity contribution < 1.29 is 23.5 Å². The minimum atomic E-state index is -1.29. The fraction of sp³-hybridized carbons (Fsp3) is 0.556. The Balaban J connectivity index is 1.41. The van der Waals surface area contributed by atoms with Gasteiger partial charge in [0.2, 0.25) is 11.9 Å². The molecule has 1 aliphatic rings. The maximum atomic E-state index is 14.7. The number of nitrogens with zero attached hydrogens (tertiary/aromatic N) is 7. The lowest BCUT2D eigenvalue weighted by atomic mass is 10.2. The van der Waals surface area contributed by atoms with Crippen LogP contribution in [0.3, 0.4) is 0 Å². The molecule has 1 fully saturated rings. The third-order valence-corrected chi connectivity index (χ3v) is 6.50. The summed E-state index contributed by atoms with van der Waals surface area (Å²) in [6, 6.07) is -0.704. The summed E-state index contributed by atoms with van der Waals surface area (Å²) in [5, 5.41) is 13.2. The number of imidazole rings is 1. The molecule has 42 heavy (non-hydrogen) atoms. The predicted molar refractivity (Wildman–Crippen MR) is 156 cm³/mol. The number of unbranched alkanes of at least 4 members (excludes halogenated alkanes) is 2. The molecule has 15 heteroatoms. The highest BCUT2D eigenvalue weighted by atomic mass is 19.1. The number of fused-ring (bicyclic) bond motifs is 1. The van der Waals surface area contributed by atoms with Gasteiger partial charge in [0.1, 0.15) is 17.5 Å². The molecule has 4 rings (SSSR count). The van der Waals surface area contributed by atoms with Gasteiger partial charge >= 0.3 is 6.09 Å². The average molecular weight is 587 g/mol. The molecule has 228 valence electrons. The molecule has 0 bridgehead atoms. The van der Waals surface area contributed by atoms with E-state index in [9.17, 15) is 14.0 Å². The van der Waals surface area contributed by atoms with Gasteiger partial charge in [-0.05, 0) is 46.1 Å². The SMILES string of the molecule is C=CC(=O)N[C@@H]1CN(c2nc(Nc3cn(CCCCCNC(=O)OC(C)(C)C)nc3OC)c3ncn(C)c3n2)C[C@H]1F. The normalized spacial score (nSPS) is 16.9. The fourth-order valence-corrected chi connectivity index (χ4v) is 4.49. The summed E-state index contributed by atoms with van der Waals surface area (Å²) in [4.78, 5) is 38.9. The smallest absolute Gasteiger partial charge is 0.407 e. The molecule has 0 unspecified atom stereocenters. The Morgan fingerprint density at radius 1 is 1.21 bits per heavy atom. The highest BCUT2D eigenvalue weighted by Gasteiger charge is 2.35. The molecule has 3 aromatic heterocycles. The van der Waals surface area contributed by atoms with Crippen LogP contribution in [0.5, 0.6) is 5.88 Å². The molecule has 1 saturated heterocycles. The van der Waals surface area contributed by atoms with Crippen LogP contribution in [-0.4, -0.2) is 85.9 Å². The number of carbonyl (C=O) groups is 2. The van der Waals surface area contributed by atoms with E-state index >= 15 is 0 Å². The van der Waals surface area contributed by atoms with Gasteiger partial charge in [-0.3, -0.25) is 9.48 Å². The second-order valence-corrected chi connectivity index (χ2v) is 11.1. The number of hydrogen-bond donors (Lipinski definition) is 3. The van der Waals surface area contributed by atoms with Gasteiger partial charge in [0.25, 0.3) is 5.88 Å². The van der Waals surface area contributed by atoms with Crippen LogP contribution in [0.25, 0.3) is 11.2 Å². The average Bonchev–Trinajstić information content (AvgIpc) is 3.61. The molecule has 3 N–H and O–H groups in total. The first-order valence-corrected chi connectivity index (χ1v) is 13.8. The van der Waals surface area contributed by atoms with Gasteiger partial charge in [-0.25, -0.2) is 14.2 Å². The van der Waals surface area contributed by atoms with E-state index in [-0.39, 0.29) is 13.1 Å². The molecule has 0 spiro atoms. The lowest BCUT2D eigenvalue weighted by molar-refractivity contribution is -0.117. The first-order chi connectivity index (χ1) is 20.0. The number of hydrogen-bond acceptors (Lipinski definition) is 10. The number of carbonyl (C=O) groups excluding carboxylic acids is 2. The number of rotatable bonds is 12. The van der Waals surface area contributed by atoms with Crippen LogP contribution in [-0.2, 0) is 23.1 Å². The van der Waals surface area contributed by atoms with E-state index in [0.717, 1.165) is 25.3 Å². The quantitative estimate of drug-likeness (QED) is 0.213. The Bertz CT molecular complexity index is 1420. The van der Waals surface area contributed by atoms with Crippen molar-refractivity contribution in [2.24, 2.45) is 7.05 Å².